The molecule has 138 valence electrons. The van der Waals surface area contributed by atoms with Crippen LogP contribution in [0.1, 0.15) is 39.9 Å². The van der Waals surface area contributed by atoms with Crippen LogP contribution < -0.4 is 0 Å². The van der Waals surface area contributed by atoms with E-state index in [4.69, 9.17) is 9.31 Å². The summed E-state index contributed by atoms with van der Waals surface area (Å²) < 4.78 is 52.9. The van der Waals surface area contributed by atoms with E-state index >= 15 is 0 Å². The predicted molar refractivity (Wildman–Crippen MR) is 91.9 cm³/mol. The summed E-state index contributed by atoms with van der Waals surface area (Å²) in [4.78, 5) is 3.88. The average Bonchev–Trinajstić information content (AvgIpc) is 3.07. The summed E-state index contributed by atoms with van der Waals surface area (Å²) in [7, 11) is -1.26. The van der Waals surface area contributed by atoms with Gasteiger partial charge in [-0.25, -0.2) is 9.07 Å². The molecule has 0 spiro atoms. The number of hydrogen-bond donors (Lipinski definition) is 0. The van der Waals surface area contributed by atoms with Crippen molar-refractivity contribution in [3.63, 3.8) is 0 Å². The first-order valence-electron chi connectivity index (χ1n) is 8.11. The molecule has 1 aliphatic rings. The Morgan fingerprint density at radius 1 is 1.15 bits per heavy atom. The summed E-state index contributed by atoms with van der Waals surface area (Å²) in [5, 5.41) is 3.86. The van der Waals surface area contributed by atoms with Gasteiger partial charge in [-0.2, -0.15) is 13.9 Å². The Morgan fingerprint density at radius 2 is 1.73 bits per heavy atom. The molecule has 1 aliphatic heterocycles. The van der Waals surface area contributed by atoms with Crippen molar-refractivity contribution in [3.05, 3.63) is 42.0 Å². The van der Waals surface area contributed by atoms with Crippen molar-refractivity contribution < 1.29 is 22.5 Å². The molecular weight excluding hydrogens is 346 g/mol. The molecule has 0 N–H and O–H groups in total. The number of hydrogen-bond acceptors (Lipinski definition) is 4. The lowest BCUT2D eigenvalue weighted by Crippen LogP contribution is -2.41. The number of rotatable bonds is 4. The van der Waals surface area contributed by atoms with Crippen molar-refractivity contribution in [2.24, 2.45) is 0 Å². The summed E-state index contributed by atoms with van der Waals surface area (Å²) >= 11 is 0. The smallest absolute Gasteiger partial charge is 0.398 e. The number of pyridine rings is 1. The van der Waals surface area contributed by atoms with Crippen LogP contribution in [0.4, 0.5) is 13.2 Å². The highest BCUT2D eigenvalue weighted by molar-refractivity contribution is 6.54. The van der Waals surface area contributed by atoms with Gasteiger partial charge >= 0.3 is 13.7 Å². The molecule has 5 nitrogen and oxygen atoms in total. The summed E-state index contributed by atoms with van der Waals surface area (Å²) in [5.74, 6) is 0. The Morgan fingerprint density at radius 3 is 2.27 bits per heavy atom. The molecule has 0 aliphatic carbocycles. The van der Waals surface area contributed by atoms with Crippen molar-refractivity contribution >= 4 is 13.2 Å². The van der Waals surface area contributed by atoms with Gasteiger partial charge in [0.05, 0.1) is 22.6 Å². The molecule has 0 amide bonds. The first kappa shape index (κ1) is 18.7. The Hall–Kier alpha value is -2.13. The maximum Gasteiger partial charge on any atom is 0.525 e. The normalized spacial score (nSPS) is 19.4. The van der Waals surface area contributed by atoms with E-state index in [1.807, 2.05) is 0 Å². The van der Waals surface area contributed by atoms with Crippen molar-refractivity contribution in [3.8, 4) is 11.3 Å². The molecule has 3 heterocycles. The van der Waals surface area contributed by atoms with E-state index in [0.29, 0.717) is 15.9 Å². The Balaban J connectivity index is 1.94. The highest BCUT2D eigenvalue weighted by Gasteiger charge is 2.53. The zero-order valence-electron chi connectivity index (χ0n) is 14.9. The van der Waals surface area contributed by atoms with Gasteiger partial charge in [-0.05, 0) is 52.0 Å². The maximum atomic E-state index is 14.7. The van der Waals surface area contributed by atoms with Gasteiger partial charge in [0.25, 0.3) is 0 Å². The topological polar surface area (TPSA) is 49.2 Å². The summed E-state index contributed by atoms with van der Waals surface area (Å²) in [5.41, 5.74) is -1.45. The Bertz CT molecular complexity index is 806. The molecule has 0 radical (unpaired) electrons. The molecule has 0 unspecified atom stereocenters. The molecule has 0 bridgehead atoms. The average molecular weight is 365 g/mol. The molecule has 0 aromatic carbocycles. The standard InChI is InChI=1S/C17H19BF3N3O2/c1-16(2)17(3,4)26-18(25-16)14(19)10-12-9-13(23-24(12)15(20)21)11-5-7-22-8-6-11/h5-10,15H,1-4H3. The molecule has 9 heteroatoms. The van der Waals surface area contributed by atoms with E-state index in [-0.39, 0.29) is 5.69 Å². The van der Waals surface area contributed by atoms with Crippen LogP contribution in [0.2, 0.25) is 0 Å². The first-order valence-corrected chi connectivity index (χ1v) is 8.11. The van der Waals surface area contributed by atoms with Crippen LogP contribution in [0.25, 0.3) is 17.3 Å². The second-order valence-electron chi connectivity index (χ2n) is 7.03. The van der Waals surface area contributed by atoms with Crippen molar-refractivity contribution in [2.75, 3.05) is 0 Å². The van der Waals surface area contributed by atoms with Crippen LogP contribution in [0, 0.1) is 0 Å². The van der Waals surface area contributed by atoms with Gasteiger partial charge < -0.3 is 9.31 Å². The van der Waals surface area contributed by atoms with Crippen LogP contribution >= 0.6 is 0 Å². The quantitative estimate of drug-likeness (QED) is 0.759. The third-order valence-corrected chi connectivity index (χ3v) is 4.69. The Kier molecular flexibility index (Phi) is 4.70. The lowest BCUT2D eigenvalue weighted by molar-refractivity contribution is 0.00578. The molecule has 3 rings (SSSR count). The summed E-state index contributed by atoms with van der Waals surface area (Å²) in [6.45, 7) is 4.22. The van der Waals surface area contributed by atoms with E-state index in [9.17, 15) is 13.2 Å². The van der Waals surface area contributed by atoms with Crippen LogP contribution in [-0.2, 0) is 9.31 Å². The van der Waals surface area contributed by atoms with Gasteiger partial charge in [0.15, 0.2) is 0 Å². The van der Waals surface area contributed by atoms with Gasteiger partial charge in [-0.3, -0.25) is 4.98 Å². The summed E-state index contributed by atoms with van der Waals surface area (Å²) in [6, 6.07) is 4.65. The van der Waals surface area contributed by atoms with Crippen LogP contribution in [0.15, 0.2) is 36.3 Å². The highest BCUT2D eigenvalue weighted by Crippen LogP contribution is 2.39. The fourth-order valence-corrected chi connectivity index (χ4v) is 2.50. The van der Waals surface area contributed by atoms with E-state index in [1.165, 1.54) is 18.5 Å². The van der Waals surface area contributed by atoms with Crippen LogP contribution in [0.5, 0.6) is 0 Å². The van der Waals surface area contributed by atoms with Crippen molar-refractivity contribution in [1.29, 1.82) is 0 Å². The molecule has 1 fully saturated rings. The molecule has 0 atom stereocenters. The number of nitrogens with zero attached hydrogens (tertiary/aromatic N) is 3. The first-order chi connectivity index (χ1) is 12.1. The molecule has 26 heavy (non-hydrogen) atoms. The van der Waals surface area contributed by atoms with Crippen molar-refractivity contribution in [2.45, 2.75) is 45.4 Å². The van der Waals surface area contributed by atoms with E-state index in [2.05, 4.69) is 10.1 Å². The fourth-order valence-electron chi connectivity index (χ4n) is 2.50. The van der Waals surface area contributed by atoms with Gasteiger partial charge in [-0.15, -0.1) is 0 Å². The minimum atomic E-state index is -2.91. The van der Waals surface area contributed by atoms with E-state index in [1.54, 1.807) is 39.8 Å². The highest BCUT2D eigenvalue weighted by atomic mass is 19.3. The molecule has 0 saturated carbocycles. The number of alkyl halides is 2. The number of aromatic nitrogens is 3. The molecule has 1 saturated heterocycles. The van der Waals surface area contributed by atoms with Gasteiger partial charge in [0, 0.05) is 18.0 Å². The molecular formula is C17H19BF3N3O2. The fraction of sp³-hybridized carbons (Fsp3) is 0.412. The Labute approximate surface area is 150 Å². The van der Waals surface area contributed by atoms with Gasteiger partial charge in [0.2, 0.25) is 0 Å². The largest absolute Gasteiger partial charge is 0.525 e. The van der Waals surface area contributed by atoms with Gasteiger partial charge in [0.1, 0.15) is 5.73 Å². The second kappa shape index (κ2) is 6.55. The monoisotopic (exact) mass is 365 g/mol. The second-order valence-corrected chi connectivity index (χ2v) is 7.03. The minimum absolute atomic E-state index is 0.0842. The zero-order valence-corrected chi connectivity index (χ0v) is 14.9. The molecule has 2 aromatic rings. The predicted octanol–water partition coefficient (Wildman–Crippen LogP) is 4.28. The van der Waals surface area contributed by atoms with Crippen LogP contribution in [-0.4, -0.2) is 33.1 Å². The maximum absolute atomic E-state index is 14.7. The lowest BCUT2D eigenvalue weighted by atomic mass is 9.87. The lowest BCUT2D eigenvalue weighted by Gasteiger charge is -2.32. The van der Waals surface area contributed by atoms with Crippen LogP contribution in [0.3, 0.4) is 0 Å². The van der Waals surface area contributed by atoms with E-state index in [0.717, 1.165) is 6.08 Å². The minimum Gasteiger partial charge on any atom is -0.398 e. The third kappa shape index (κ3) is 3.41. The zero-order chi connectivity index (χ0) is 19.1. The van der Waals surface area contributed by atoms with Crippen molar-refractivity contribution in [1.82, 2.24) is 14.8 Å². The van der Waals surface area contributed by atoms with E-state index < -0.39 is 30.6 Å². The SMILES string of the molecule is CC1(C)OB(C(F)=Cc2cc(-c3ccncc3)nn2C(F)F)OC1(C)C. The molecule has 2 aromatic heterocycles. The number of halogens is 3. The third-order valence-electron chi connectivity index (χ3n) is 4.69. The summed E-state index contributed by atoms with van der Waals surface area (Å²) in [6.07, 6.45) is 4.01. The van der Waals surface area contributed by atoms with Gasteiger partial charge in [-0.1, -0.05) is 0 Å².